The summed E-state index contributed by atoms with van der Waals surface area (Å²) in [6, 6.07) is 15.6. The molecule has 1 aliphatic rings. The van der Waals surface area contributed by atoms with Crippen molar-refractivity contribution < 1.29 is 28.7 Å². The molecule has 1 atom stereocenters. The number of amides is 2. The van der Waals surface area contributed by atoms with E-state index in [-0.39, 0.29) is 36.6 Å². The third kappa shape index (κ3) is 8.75. The topological polar surface area (TPSA) is 111 Å². The van der Waals surface area contributed by atoms with Gasteiger partial charge in [-0.3, -0.25) is 14.4 Å². The number of rotatable bonds is 7. The number of ketones is 1. The van der Waals surface area contributed by atoms with Crippen LogP contribution in [0.5, 0.6) is 5.75 Å². The Kier molecular flexibility index (Phi) is 9.95. The van der Waals surface area contributed by atoms with E-state index in [1.807, 2.05) is 18.2 Å². The number of hydrogen-bond donors (Lipinski definition) is 2. The lowest BCUT2D eigenvalue weighted by Crippen LogP contribution is -2.40. The molecule has 2 aromatic rings. The number of hydrogen-bond acceptors (Lipinski definition) is 6. The Morgan fingerprint density at radius 2 is 1.74 bits per heavy atom. The van der Waals surface area contributed by atoms with Crippen molar-refractivity contribution in [2.45, 2.75) is 18.9 Å². The van der Waals surface area contributed by atoms with Gasteiger partial charge < -0.3 is 20.1 Å². The average molecular weight is 538 g/mol. The van der Waals surface area contributed by atoms with Gasteiger partial charge in [-0.05, 0) is 46.9 Å². The van der Waals surface area contributed by atoms with Crippen molar-refractivity contribution >= 4 is 46.2 Å². The van der Waals surface area contributed by atoms with Gasteiger partial charge in [-0.2, -0.15) is 0 Å². The van der Waals surface area contributed by atoms with E-state index in [0.717, 1.165) is 3.57 Å². The third-order valence-electron chi connectivity index (χ3n) is 4.15. The van der Waals surface area contributed by atoms with Crippen LogP contribution in [0.1, 0.15) is 23.2 Å². The van der Waals surface area contributed by atoms with E-state index in [1.54, 1.807) is 36.4 Å². The molecule has 0 saturated carbocycles. The molecule has 0 bridgehead atoms. The first-order valence-electron chi connectivity index (χ1n) is 9.52. The van der Waals surface area contributed by atoms with E-state index in [9.17, 15) is 19.2 Å². The molecule has 0 aliphatic carbocycles. The molecule has 0 unspecified atom stereocenters. The molecule has 31 heavy (non-hydrogen) atoms. The van der Waals surface area contributed by atoms with Gasteiger partial charge in [0.15, 0.2) is 12.4 Å². The Bertz CT molecular complexity index is 902. The summed E-state index contributed by atoms with van der Waals surface area (Å²) in [4.78, 5) is 44.9. The smallest absolute Gasteiger partial charge is 0.328 e. The van der Waals surface area contributed by atoms with Gasteiger partial charge in [0.1, 0.15) is 11.8 Å². The summed E-state index contributed by atoms with van der Waals surface area (Å²) in [5.41, 5.74) is 0.575. The van der Waals surface area contributed by atoms with Crippen LogP contribution in [0.2, 0.25) is 0 Å². The van der Waals surface area contributed by atoms with E-state index in [1.165, 1.54) is 7.05 Å². The molecular weight excluding hydrogens is 515 g/mol. The average Bonchev–Trinajstić information content (AvgIpc) is 3.18. The summed E-state index contributed by atoms with van der Waals surface area (Å²) in [6.45, 7) is 0.256. The van der Waals surface area contributed by atoms with Crippen molar-refractivity contribution in [2.75, 3.05) is 20.3 Å². The van der Waals surface area contributed by atoms with Gasteiger partial charge in [0, 0.05) is 22.6 Å². The van der Waals surface area contributed by atoms with Crippen molar-refractivity contribution in [2.24, 2.45) is 0 Å². The highest BCUT2D eigenvalue weighted by Gasteiger charge is 2.27. The summed E-state index contributed by atoms with van der Waals surface area (Å²) in [6.07, 6.45) is 0.439. The first-order valence-corrected chi connectivity index (χ1v) is 10.6. The molecule has 0 spiro atoms. The van der Waals surface area contributed by atoms with E-state index < -0.39 is 6.04 Å². The third-order valence-corrected chi connectivity index (χ3v) is 4.87. The van der Waals surface area contributed by atoms with Crippen molar-refractivity contribution in [1.82, 2.24) is 10.6 Å². The Balaban J connectivity index is 0.000000233. The van der Waals surface area contributed by atoms with Gasteiger partial charge in [-0.25, -0.2) is 4.79 Å². The van der Waals surface area contributed by atoms with Crippen LogP contribution in [0.4, 0.5) is 0 Å². The molecule has 0 radical (unpaired) electrons. The van der Waals surface area contributed by atoms with Gasteiger partial charge in [-0.1, -0.05) is 30.3 Å². The number of carbonyl (C=O) groups is 4. The summed E-state index contributed by atoms with van der Waals surface area (Å²) < 4.78 is 11.1. The van der Waals surface area contributed by atoms with E-state index in [4.69, 9.17) is 9.47 Å². The number of carbonyl (C=O) groups excluding carboxylic acids is 4. The van der Waals surface area contributed by atoms with Gasteiger partial charge in [-0.15, -0.1) is 0 Å². The Morgan fingerprint density at radius 3 is 2.32 bits per heavy atom. The molecule has 8 nitrogen and oxygen atoms in total. The van der Waals surface area contributed by atoms with Crippen LogP contribution in [0.15, 0.2) is 54.6 Å². The lowest BCUT2D eigenvalue weighted by Gasteiger charge is -2.10. The SMILES string of the molecule is CNC(=O)CC(=O)c1ccccc1.O=C(COc1ccc(I)cc1)N[C@H]1CCOC1=O. The predicted octanol–water partition coefficient (Wildman–Crippen LogP) is 2.11. The number of esters is 1. The highest BCUT2D eigenvalue weighted by atomic mass is 127. The minimum atomic E-state index is -0.530. The van der Waals surface area contributed by atoms with Crippen LogP contribution in [-0.2, 0) is 19.1 Å². The maximum Gasteiger partial charge on any atom is 0.328 e. The zero-order chi connectivity index (χ0) is 22.6. The lowest BCUT2D eigenvalue weighted by atomic mass is 10.1. The van der Waals surface area contributed by atoms with Crippen LogP contribution in [-0.4, -0.2) is 49.9 Å². The van der Waals surface area contributed by atoms with Crippen LogP contribution in [0.25, 0.3) is 0 Å². The molecule has 2 N–H and O–H groups in total. The fourth-order valence-electron chi connectivity index (χ4n) is 2.50. The Morgan fingerprint density at radius 1 is 1.06 bits per heavy atom. The molecule has 9 heteroatoms. The molecule has 1 heterocycles. The van der Waals surface area contributed by atoms with Gasteiger partial charge in [0.05, 0.1) is 13.0 Å². The van der Waals surface area contributed by atoms with Crippen molar-refractivity contribution in [3.63, 3.8) is 0 Å². The Labute approximate surface area is 193 Å². The molecule has 1 aliphatic heterocycles. The number of cyclic esters (lactones) is 1. The minimum Gasteiger partial charge on any atom is -0.484 e. The zero-order valence-corrected chi connectivity index (χ0v) is 19.1. The summed E-state index contributed by atoms with van der Waals surface area (Å²) >= 11 is 2.19. The molecule has 164 valence electrons. The Hall–Kier alpha value is -2.95. The van der Waals surface area contributed by atoms with E-state index in [0.29, 0.717) is 24.3 Å². The van der Waals surface area contributed by atoms with Gasteiger partial charge in [0.25, 0.3) is 5.91 Å². The number of nitrogens with one attached hydrogen (secondary N) is 2. The van der Waals surface area contributed by atoms with Crippen LogP contribution < -0.4 is 15.4 Å². The van der Waals surface area contributed by atoms with Crippen molar-refractivity contribution in [1.29, 1.82) is 0 Å². The standard InChI is InChI=1S/C12H12INO4.C10H11NO2/c13-8-1-3-9(4-2-8)18-7-11(15)14-10-5-6-17-12(10)16;1-11-10(13)7-9(12)8-5-3-2-4-6-8/h1-4,10H,5-7H2,(H,14,15);2-6H,7H2,1H3,(H,11,13)/t10-;/m0./s1. The molecule has 1 saturated heterocycles. The molecule has 2 aromatic carbocycles. The molecular formula is C22H23IN2O6. The predicted molar refractivity (Wildman–Crippen MR) is 122 cm³/mol. The van der Waals surface area contributed by atoms with Crippen LogP contribution in [0.3, 0.4) is 0 Å². The largest absolute Gasteiger partial charge is 0.484 e. The minimum absolute atomic E-state index is 0.0828. The molecule has 1 fully saturated rings. The van der Waals surface area contributed by atoms with Crippen LogP contribution >= 0.6 is 22.6 Å². The second-order valence-electron chi connectivity index (χ2n) is 6.46. The summed E-state index contributed by atoms with van der Waals surface area (Å²) in [5, 5.41) is 4.98. The maximum absolute atomic E-state index is 11.5. The maximum atomic E-state index is 11.5. The first-order chi connectivity index (χ1) is 14.9. The van der Waals surface area contributed by atoms with E-state index >= 15 is 0 Å². The normalized spacial score (nSPS) is 14.5. The van der Waals surface area contributed by atoms with Crippen molar-refractivity contribution in [3.8, 4) is 5.75 Å². The summed E-state index contributed by atoms with van der Waals surface area (Å²) in [5.74, 6) is -0.483. The zero-order valence-electron chi connectivity index (χ0n) is 16.9. The second kappa shape index (κ2) is 12.7. The molecule has 0 aromatic heterocycles. The highest BCUT2D eigenvalue weighted by Crippen LogP contribution is 2.13. The lowest BCUT2D eigenvalue weighted by molar-refractivity contribution is -0.141. The quantitative estimate of drug-likeness (QED) is 0.242. The van der Waals surface area contributed by atoms with Crippen LogP contribution in [0, 0.1) is 3.57 Å². The highest BCUT2D eigenvalue weighted by molar-refractivity contribution is 14.1. The second-order valence-corrected chi connectivity index (χ2v) is 7.70. The summed E-state index contributed by atoms with van der Waals surface area (Å²) in [7, 11) is 1.51. The number of ether oxygens (including phenoxy) is 2. The fourth-order valence-corrected chi connectivity index (χ4v) is 2.86. The first kappa shape index (κ1) is 24.3. The number of Topliss-reactive ketones (excluding diaryl/α,β-unsaturated/α-hetero) is 1. The van der Waals surface area contributed by atoms with E-state index in [2.05, 4.69) is 33.2 Å². The molecule has 3 rings (SSSR count). The fraction of sp³-hybridized carbons (Fsp3) is 0.273. The monoisotopic (exact) mass is 538 g/mol. The van der Waals surface area contributed by atoms with Gasteiger partial charge >= 0.3 is 5.97 Å². The number of halogens is 1. The van der Waals surface area contributed by atoms with Gasteiger partial charge in [0.2, 0.25) is 5.91 Å². The van der Waals surface area contributed by atoms with Crippen molar-refractivity contribution in [3.05, 3.63) is 63.7 Å². The molecule has 2 amide bonds. The number of benzene rings is 2.